The van der Waals surface area contributed by atoms with Gasteiger partial charge in [-0.15, -0.1) is 0 Å². The van der Waals surface area contributed by atoms with Gasteiger partial charge < -0.3 is 4.98 Å². The summed E-state index contributed by atoms with van der Waals surface area (Å²) < 4.78 is 1.83. The van der Waals surface area contributed by atoms with Gasteiger partial charge in [-0.25, -0.2) is 4.79 Å². The van der Waals surface area contributed by atoms with Crippen molar-refractivity contribution < 1.29 is 0 Å². The summed E-state index contributed by atoms with van der Waals surface area (Å²) in [5.41, 5.74) is 1.71. The number of aromatic nitrogens is 2. The standard InChI is InChI=1S/C15H20ClN3O/c1-10(2)18-7-3-4-12(18)9-19-14-8-11(16)5-6-13(14)17-15(19)20/h5-6,8,10,12H,3-4,7,9H2,1-2H3,(H,17,20). The molecule has 1 unspecified atom stereocenters. The van der Waals surface area contributed by atoms with Crippen molar-refractivity contribution in [2.75, 3.05) is 6.54 Å². The summed E-state index contributed by atoms with van der Waals surface area (Å²) in [4.78, 5) is 17.5. The van der Waals surface area contributed by atoms with Crippen LogP contribution in [0.3, 0.4) is 0 Å². The third-order valence-corrected chi connectivity index (χ3v) is 4.45. The van der Waals surface area contributed by atoms with Crippen LogP contribution in [0.15, 0.2) is 23.0 Å². The van der Waals surface area contributed by atoms with E-state index < -0.39 is 0 Å². The Labute approximate surface area is 123 Å². The minimum absolute atomic E-state index is 0.0436. The van der Waals surface area contributed by atoms with E-state index in [0.717, 1.165) is 30.5 Å². The number of H-pyrrole nitrogens is 1. The highest BCUT2D eigenvalue weighted by Gasteiger charge is 2.27. The van der Waals surface area contributed by atoms with Crippen molar-refractivity contribution in [1.82, 2.24) is 14.5 Å². The number of halogens is 1. The summed E-state index contributed by atoms with van der Waals surface area (Å²) in [5, 5.41) is 0.664. The van der Waals surface area contributed by atoms with Gasteiger partial charge in [-0.1, -0.05) is 11.6 Å². The number of nitrogens with one attached hydrogen (secondary N) is 1. The summed E-state index contributed by atoms with van der Waals surface area (Å²) in [6.07, 6.45) is 2.36. The SMILES string of the molecule is CC(C)N1CCCC1Cn1c(=O)[nH]c2ccc(Cl)cc21. The fourth-order valence-electron chi connectivity index (χ4n) is 3.25. The molecule has 0 saturated carbocycles. The second-order valence-corrected chi connectivity index (χ2v) is 6.27. The van der Waals surface area contributed by atoms with Crippen LogP contribution in [0.2, 0.25) is 5.02 Å². The number of likely N-dealkylation sites (tertiary alicyclic amines) is 1. The zero-order valence-corrected chi connectivity index (χ0v) is 12.7. The molecule has 0 amide bonds. The van der Waals surface area contributed by atoms with Crippen molar-refractivity contribution >= 4 is 22.6 Å². The molecule has 0 radical (unpaired) electrons. The molecule has 1 N–H and O–H groups in total. The van der Waals surface area contributed by atoms with Gasteiger partial charge in [0.05, 0.1) is 11.0 Å². The molecule has 1 aliphatic heterocycles. The number of benzene rings is 1. The highest BCUT2D eigenvalue weighted by atomic mass is 35.5. The van der Waals surface area contributed by atoms with E-state index in [0.29, 0.717) is 17.1 Å². The second kappa shape index (κ2) is 5.26. The fraction of sp³-hybridized carbons (Fsp3) is 0.533. The molecule has 1 saturated heterocycles. The number of hydrogen-bond acceptors (Lipinski definition) is 2. The number of imidazole rings is 1. The molecular weight excluding hydrogens is 274 g/mol. The molecule has 1 aliphatic rings. The fourth-order valence-corrected chi connectivity index (χ4v) is 3.42. The van der Waals surface area contributed by atoms with Gasteiger partial charge in [-0.3, -0.25) is 9.47 Å². The van der Waals surface area contributed by atoms with Crippen LogP contribution in [-0.4, -0.2) is 33.1 Å². The highest BCUT2D eigenvalue weighted by Crippen LogP contribution is 2.23. The van der Waals surface area contributed by atoms with Crippen LogP contribution in [-0.2, 0) is 6.54 Å². The van der Waals surface area contributed by atoms with Gasteiger partial charge in [0, 0.05) is 23.7 Å². The maximum atomic E-state index is 12.2. The normalized spacial score (nSPS) is 20.3. The maximum absolute atomic E-state index is 12.2. The van der Waals surface area contributed by atoms with E-state index in [2.05, 4.69) is 23.7 Å². The maximum Gasteiger partial charge on any atom is 0.326 e. The van der Waals surface area contributed by atoms with Gasteiger partial charge in [0.1, 0.15) is 0 Å². The number of fused-ring (bicyclic) bond motifs is 1. The third kappa shape index (κ3) is 2.38. The van der Waals surface area contributed by atoms with Crippen LogP contribution in [0.5, 0.6) is 0 Å². The first kappa shape index (κ1) is 13.7. The number of aromatic amines is 1. The van der Waals surface area contributed by atoms with E-state index in [9.17, 15) is 4.79 Å². The van der Waals surface area contributed by atoms with Crippen molar-refractivity contribution in [1.29, 1.82) is 0 Å². The molecule has 2 aromatic rings. The Kier molecular flexibility index (Phi) is 3.61. The van der Waals surface area contributed by atoms with E-state index in [1.165, 1.54) is 6.42 Å². The topological polar surface area (TPSA) is 41.0 Å². The van der Waals surface area contributed by atoms with E-state index in [-0.39, 0.29) is 5.69 Å². The Hall–Kier alpha value is -1.26. The third-order valence-electron chi connectivity index (χ3n) is 4.22. The van der Waals surface area contributed by atoms with Gasteiger partial charge in [-0.2, -0.15) is 0 Å². The van der Waals surface area contributed by atoms with Crippen molar-refractivity contribution in [2.24, 2.45) is 0 Å². The van der Waals surface area contributed by atoms with E-state index >= 15 is 0 Å². The van der Waals surface area contributed by atoms with Crippen LogP contribution in [0.4, 0.5) is 0 Å². The first-order valence-electron chi connectivity index (χ1n) is 7.20. The largest absolute Gasteiger partial charge is 0.326 e. The van der Waals surface area contributed by atoms with Crippen molar-refractivity contribution in [3.63, 3.8) is 0 Å². The van der Waals surface area contributed by atoms with Gasteiger partial charge in [0.25, 0.3) is 0 Å². The number of nitrogens with zero attached hydrogens (tertiary/aromatic N) is 2. The second-order valence-electron chi connectivity index (χ2n) is 5.83. The lowest BCUT2D eigenvalue weighted by Crippen LogP contribution is -2.39. The average Bonchev–Trinajstić information content (AvgIpc) is 2.96. The van der Waals surface area contributed by atoms with Crippen LogP contribution in [0.25, 0.3) is 11.0 Å². The molecule has 108 valence electrons. The minimum atomic E-state index is -0.0436. The number of hydrogen-bond donors (Lipinski definition) is 1. The lowest BCUT2D eigenvalue weighted by Gasteiger charge is -2.28. The zero-order valence-electron chi connectivity index (χ0n) is 11.9. The predicted octanol–water partition coefficient (Wildman–Crippen LogP) is 2.86. The summed E-state index contributed by atoms with van der Waals surface area (Å²) in [5.74, 6) is 0. The van der Waals surface area contributed by atoms with E-state index in [1.807, 2.05) is 16.7 Å². The smallest absolute Gasteiger partial charge is 0.306 e. The predicted molar refractivity (Wildman–Crippen MR) is 82.4 cm³/mol. The molecule has 3 rings (SSSR count). The molecule has 0 spiro atoms. The molecule has 20 heavy (non-hydrogen) atoms. The zero-order chi connectivity index (χ0) is 14.3. The van der Waals surface area contributed by atoms with Gasteiger partial charge in [-0.05, 0) is 51.4 Å². The van der Waals surface area contributed by atoms with Crippen molar-refractivity contribution in [3.05, 3.63) is 33.7 Å². The molecule has 2 heterocycles. The van der Waals surface area contributed by atoms with Crippen LogP contribution in [0, 0.1) is 0 Å². The Bertz CT molecular complexity index is 673. The lowest BCUT2D eigenvalue weighted by molar-refractivity contribution is 0.187. The Morgan fingerprint density at radius 1 is 1.45 bits per heavy atom. The van der Waals surface area contributed by atoms with E-state index in [4.69, 9.17) is 11.6 Å². The average molecular weight is 294 g/mol. The highest BCUT2D eigenvalue weighted by molar-refractivity contribution is 6.31. The van der Waals surface area contributed by atoms with E-state index in [1.54, 1.807) is 6.07 Å². The van der Waals surface area contributed by atoms with Crippen LogP contribution >= 0.6 is 11.6 Å². The molecule has 0 bridgehead atoms. The molecule has 1 fully saturated rings. The van der Waals surface area contributed by atoms with Crippen LogP contribution < -0.4 is 5.69 Å². The molecule has 1 aromatic heterocycles. The summed E-state index contributed by atoms with van der Waals surface area (Å²) in [7, 11) is 0. The molecule has 1 aromatic carbocycles. The number of rotatable bonds is 3. The Morgan fingerprint density at radius 3 is 3.00 bits per heavy atom. The molecule has 4 nitrogen and oxygen atoms in total. The molecule has 5 heteroatoms. The molecule has 0 aliphatic carbocycles. The Balaban J connectivity index is 1.96. The summed E-state index contributed by atoms with van der Waals surface area (Å²) in [6.45, 7) is 6.29. The molecular formula is C15H20ClN3O. The first-order chi connectivity index (χ1) is 9.56. The quantitative estimate of drug-likeness (QED) is 0.945. The summed E-state index contributed by atoms with van der Waals surface area (Å²) in [6, 6.07) is 6.49. The monoisotopic (exact) mass is 293 g/mol. The lowest BCUT2D eigenvalue weighted by atomic mass is 10.2. The minimum Gasteiger partial charge on any atom is -0.306 e. The summed E-state index contributed by atoms with van der Waals surface area (Å²) >= 11 is 6.06. The van der Waals surface area contributed by atoms with Gasteiger partial charge >= 0.3 is 5.69 Å². The Morgan fingerprint density at radius 2 is 2.25 bits per heavy atom. The van der Waals surface area contributed by atoms with Crippen LogP contribution in [0.1, 0.15) is 26.7 Å². The first-order valence-corrected chi connectivity index (χ1v) is 7.58. The van der Waals surface area contributed by atoms with Gasteiger partial charge in [0.2, 0.25) is 0 Å². The van der Waals surface area contributed by atoms with Crippen molar-refractivity contribution in [3.8, 4) is 0 Å². The van der Waals surface area contributed by atoms with Gasteiger partial charge in [0.15, 0.2) is 0 Å². The molecule has 1 atom stereocenters. The van der Waals surface area contributed by atoms with Crippen molar-refractivity contribution in [2.45, 2.75) is 45.3 Å².